The SMILES string of the molecule is CN/C(=C(/O)CCCC(N)[C@H](O)O[C@@H]1C(N)C[C@@H](N)C(O)C1O)C(O)O[C@@H](O)C(N)[C@H](O)[C@H](N)CCO. The van der Waals surface area contributed by atoms with E-state index in [0.717, 1.165) is 0 Å². The van der Waals surface area contributed by atoms with Crippen molar-refractivity contribution in [2.24, 2.45) is 28.7 Å². The number of ether oxygens (including phenoxy) is 2. The molecule has 0 aromatic heterocycles. The van der Waals surface area contributed by atoms with Crippen molar-refractivity contribution >= 4 is 0 Å². The zero-order valence-corrected chi connectivity index (χ0v) is 21.0. The fourth-order valence-electron chi connectivity index (χ4n) is 3.99. The molecule has 0 aromatic rings. The van der Waals surface area contributed by atoms with E-state index in [1.165, 1.54) is 7.05 Å². The Morgan fingerprint density at radius 2 is 1.57 bits per heavy atom. The predicted octanol–water partition coefficient (Wildman–Crippen LogP) is -5.99. The van der Waals surface area contributed by atoms with Gasteiger partial charge in [-0.25, -0.2) is 0 Å². The summed E-state index contributed by atoms with van der Waals surface area (Å²) in [7, 11) is 1.39. The molecule has 1 aliphatic rings. The highest BCUT2D eigenvalue weighted by atomic mass is 16.7. The molecule has 0 heterocycles. The molecule has 0 bridgehead atoms. The molecule has 16 heteroatoms. The highest BCUT2D eigenvalue weighted by molar-refractivity contribution is 5.08. The molecule has 1 rings (SSSR count). The van der Waals surface area contributed by atoms with Crippen LogP contribution in [0.15, 0.2) is 11.5 Å². The third-order valence-electron chi connectivity index (χ3n) is 6.43. The number of hydrogen-bond donors (Lipinski definition) is 14. The monoisotopic (exact) mass is 542 g/mol. The lowest BCUT2D eigenvalue weighted by molar-refractivity contribution is -0.212. The number of hydrogen-bond acceptors (Lipinski definition) is 16. The standard InChI is InChI=1S/C21H46N6O10/c1-27-14(21(35)37-20(34)13(26)15(30)8(22)5-6-28)12(29)4-2-3-9(23)19(33)36-18-11(25)7-10(24)16(31)17(18)32/h8-11,13,15-21,27-35H,2-7,22-26H2,1H3/b14-12+/t8-,9?,10-,11?,13?,15-,16?,17?,18-,19-,20-,21?/m1/s1. The fraction of sp³-hybridized carbons (Fsp3) is 0.905. The topological polar surface area (TPSA) is 322 Å². The molecule has 0 spiro atoms. The first kappa shape index (κ1) is 33.8. The van der Waals surface area contributed by atoms with E-state index in [0.29, 0.717) is 0 Å². The van der Waals surface area contributed by atoms with Gasteiger partial charge in [0.2, 0.25) is 6.29 Å². The number of aliphatic hydroxyl groups is 8. The van der Waals surface area contributed by atoms with Crippen molar-refractivity contribution in [3.05, 3.63) is 11.5 Å². The minimum atomic E-state index is -1.86. The van der Waals surface area contributed by atoms with Crippen LogP contribution in [0.5, 0.6) is 0 Å². The Balaban J connectivity index is 2.62. The van der Waals surface area contributed by atoms with Crippen molar-refractivity contribution in [1.29, 1.82) is 0 Å². The van der Waals surface area contributed by atoms with Crippen LogP contribution in [-0.4, -0.2) is 128 Å². The van der Waals surface area contributed by atoms with Gasteiger partial charge in [-0.1, -0.05) is 0 Å². The number of likely N-dealkylation sites (N-methyl/N-ethyl adjacent to an activating group) is 1. The summed E-state index contributed by atoms with van der Waals surface area (Å²) in [6, 6.07) is -4.74. The maximum atomic E-state index is 10.4. The molecule has 220 valence electrons. The molecular formula is C21H46N6O10. The van der Waals surface area contributed by atoms with E-state index in [-0.39, 0.29) is 50.2 Å². The van der Waals surface area contributed by atoms with E-state index in [4.69, 9.17) is 43.2 Å². The van der Waals surface area contributed by atoms with Crippen LogP contribution in [0.1, 0.15) is 32.1 Å². The summed E-state index contributed by atoms with van der Waals surface area (Å²) in [5, 5.41) is 82.6. The normalized spacial score (nSPS) is 31.0. The second kappa shape index (κ2) is 16.0. The Labute approximate surface area is 215 Å². The van der Waals surface area contributed by atoms with Gasteiger partial charge in [0, 0.05) is 38.2 Å². The largest absolute Gasteiger partial charge is 0.510 e. The van der Waals surface area contributed by atoms with Crippen LogP contribution >= 0.6 is 0 Å². The lowest BCUT2D eigenvalue weighted by Gasteiger charge is -2.41. The minimum Gasteiger partial charge on any atom is -0.510 e. The Morgan fingerprint density at radius 1 is 0.946 bits per heavy atom. The van der Waals surface area contributed by atoms with Gasteiger partial charge in [-0.05, 0) is 25.7 Å². The van der Waals surface area contributed by atoms with E-state index in [2.05, 4.69) is 5.32 Å². The number of allylic oxidation sites excluding steroid dienone is 1. The van der Waals surface area contributed by atoms with Gasteiger partial charge in [-0.15, -0.1) is 0 Å². The van der Waals surface area contributed by atoms with E-state index in [1.54, 1.807) is 0 Å². The predicted molar refractivity (Wildman–Crippen MR) is 131 cm³/mol. The lowest BCUT2D eigenvalue weighted by Crippen LogP contribution is -2.63. The molecule has 0 amide bonds. The Bertz CT molecular complexity index is 694. The summed E-state index contributed by atoms with van der Waals surface area (Å²) in [5.74, 6) is -0.335. The lowest BCUT2D eigenvalue weighted by atomic mass is 9.84. The van der Waals surface area contributed by atoms with Crippen LogP contribution in [0.25, 0.3) is 0 Å². The molecule has 37 heavy (non-hydrogen) atoms. The van der Waals surface area contributed by atoms with Gasteiger partial charge in [-0.3, -0.25) is 0 Å². The summed E-state index contributed by atoms with van der Waals surface area (Å²) < 4.78 is 10.4. The zero-order chi connectivity index (χ0) is 28.4. The third-order valence-corrected chi connectivity index (χ3v) is 6.43. The van der Waals surface area contributed by atoms with Crippen LogP contribution in [0.4, 0.5) is 0 Å². The maximum Gasteiger partial charge on any atom is 0.202 e. The highest BCUT2D eigenvalue weighted by Gasteiger charge is 2.42. The zero-order valence-electron chi connectivity index (χ0n) is 21.0. The Hall–Kier alpha value is -1.22. The molecule has 0 saturated heterocycles. The van der Waals surface area contributed by atoms with Gasteiger partial charge in [-0.2, -0.15) is 0 Å². The molecule has 0 aromatic carbocycles. The van der Waals surface area contributed by atoms with Gasteiger partial charge in [0.05, 0.1) is 24.3 Å². The average molecular weight is 543 g/mol. The first-order valence-electron chi connectivity index (χ1n) is 12.1. The van der Waals surface area contributed by atoms with Crippen LogP contribution in [-0.2, 0) is 9.47 Å². The molecule has 6 unspecified atom stereocenters. The Morgan fingerprint density at radius 3 is 2.14 bits per heavy atom. The molecule has 1 saturated carbocycles. The van der Waals surface area contributed by atoms with Crippen molar-refractivity contribution in [3.8, 4) is 0 Å². The summed E-state index contributed by atoms with van der Waals surface area (Å²) in [4.78, 5) is 0. The molecule has 0 radical (unpaired) electrons. The molecule has 1 aliphatic carbocycles. The highest BCUT2D eigenvalue weighted by Crippen LogP contribution is 2.23. The average Bonchev–Trinajstić information content (AvgIpc) is 2.84. The van der Waals surface area contributed by atoms with Crippen molar-refractivity contribution < 1.29 is 50.3 Å². The molecule has 12 atom stereocenters. The summed E-state index contributed by atoms with van der Waals surface area (Å²) in [6.07, 6.45) is -9.89. The maximum absolute atomic E-state index is 10.4. The Kier molecular flexibility index (Phi) is 14.6. The summed E-state index contributed by atoms with van der Waals surface area (Å²) in [6.45, 7) is -0.300. The first-order chi connectivity index (χ1) is 17.3. The van der Waals surface area contributed by atoms with Crippen molar-refractivity contribution in [1.82, 2.24) is 5.32 Å². The van der Waals surface area contributed by atoms with E-state index in [9.17, 15) is 35.7 Å². The molecule has 1 fully saturated rings. The van der Waals surface area contributed by atoms with Gasteiger partial charge in [0.1, 0.15) is 23.7 Å². The van der Waals surface area contributed by atoms with Gasteiger partial charge >= 0.3 is 0 Å². The van der Waals surface area contributed by atoms with Gasteiger partial charge < -0.3 is 84.3 Å². The minimum absolute atomic E-state index is 0.0255. The first-order valence-corrected chi connectivity index (χ1v) is 12.1. The fourth-order valence-corrected chi connectivity index (χ4v) is 3.99. The summed E-state index contributed by atoms with van der Waals surface area (Å²) >= 11 is 0. The van der Waals surface area contributed by atoms with Crippen molar-refractivity contribution in [2.75, 3.05) is 13.7 Å². The number of nitrogens with two attached hydrogens (primary N) is 5. The molecule has 0 aliphatic heterocycles. The van der Waals surface area contributed by atoms with E-state index >= 15 is 0 Å². The van der Waals surface area contributed by atoms with E-state index in [1.807, 2.05) is 0 Å². The molecular weight excluding hydrogens is 496 g/mol. The molecule has 16 nitrogen and oxygen atoms in total. The second-order valence-electron chi connectivity index (χ2n) is 9.33. The van der Waals surface area contributed by atoms with Crippen LogP contribution in [0.3, 0.4) is 0 Å². The number of rotatable bonds is 16. The summed E-state index contributed by atoms with van der Waals surface area (Å²) in [5.41, 5.74) is 28.7. The number of aliphatic hydroxyl groups excluding tert-OH is 8. The van der Waals surface area contributed by atoms with E-state index < -0.39 is 73.5 Å². The second-order valence-corrected chi connectivity index (χ2v) is 9.33. The van der Waals surface area contributed by atoms with Crippen LogP contribution in [0.2, 0.25) is 0 Å². The smallest absolute Gasteiger partial charge is 0.202 e. The van der Waals surface area contributed by atoms with Crippen LogP contribution in [0, 0.1) is 0 Å². The van der Waals surface area contributed by atoms with Crippen molar-refractivity contribution in [3.63, 3.8) is 0 Å². The molecule has 19 N–H and O–H groups in total. The van der Waals surface area contributed by atoms with Crippen molar-refractivity contribution in [2.45, 2.75) is 106 Å². The van der Waals surface area contributed by atoms with Crippen LogP contribution < -0.4 is 34.0 Å². The quantitative estimate of drug-likeness (QED) is 0.0637. The van der Waals surface area contributed by atoms with Gasteiger partial charge in [0.15, 0.2) is 12.6 Å². The van der Waals surface area contributed by atoms with Gasteiger partial charge in [0.25, 0.3) is 0 Å². The third kappa shape index (κ3) is 9.79. The number of nitrogens with one attached hydrogen (secondary N) is 1.